The molecule has 27 heavy (non-hydrogen) atoms. The molecule has 0 atom stereocenters. The lowest BCUT2D eigenvalue weighted by atomic mass is 10.2. The number of ether oxygens (including phenoxy) is 3. The van der Waals surface area contributed by atoms with Gasteiger partial charge in [0.1, 0.15) is 19.0 Å². The zero-order valence-corrected chi connectivity index (χ0v) is 16.0. The Kier molecular flexibility index (Phi) is 6.26. The molecule has 1 aliphatic rings. The predicted octanol–water partition coefficient (Wildman–Crippen LogP) is 3.74. The van der Waals surface area contributed by atoms with Gasteiger partial charge in [0.15, 0.2) is 16.7 Å². The lowest BCUT2D eigenvalue weighted by molar-refractivity contribution is -0.113. The van der Waals surface area contributed by atoms with Gasteiger partial charge in [0.05, 0.1) is 17.0 Å². The van der Waals surface area contributed by atoms with E-state index in [2.05, 4.69) is 4.99 Å². The molecule has 0 bridgehead atoms. The molecule has 0 unspecified atom stereocenters. The van der Waals surface area contributed by atoms with E-state index in [9.17, 15) is 4.79 Å². The molecule has 2 N–H and O–H groups in total. The minimum Gasteiger partial charge on any atom is -0.493 e. The fourth-order valence-electron chi connectivity index (χ4n) is 2.34. The van der Waals surface area contributed by atoms with Gasteiger partial charge >= 0.3 is 0 Å². The summed E-state index contributed by atoms with van der Waals surface area (Å²) < 4.78 is 16.7. The number of carbonyl (C=O) groups excluding carboxylic acids is 1. The zero-order valence-electron chi connectivity index (χ0n) is 14.5. The summed E-state index contributed by atoms with van der Waals surface area (Å²) in [6.45, 7) is 0.654. The molecule has 140 valence electrons. The number of para-hydroxylation sites is 1. The molecule has 2 aromatic rings. The summed E-state index contributed by atoms with van der Waals surface area (Å²) in [5.41, 5.74) is 6.34. The molecule has 0 radical (unpaired) electrons. The van der Waals surface area contributed by atoms with Gasteiger partial charge in [0, 0.05) is 0 Å². The molecule has 1 heterocycles. The van der Waals surface area contributed by atoms with Crippen LogP contribution in [-0.4, -0.2) is 31.4 Å². The van der Waals surface area contributed by atoms with Gasteiger partial charge in [0.25, 0.3) is 5.91 Å². The summed E-state index contributed by atoms with van der Waals surface area (Å²) in [5, 5.41) is 0.799. The van der Waals surface area contributed by atoms with Crippen LogP contribution in [0.1, 0.15) is 5.56 Å². The predicted molar refractivity (Wildman–Crippen MR) is 108 cm³/mol. The molecule has 0 fully saturated rings. The number of aliphatic imine (C=N–C) groups is 1. The highest BCUT2D eigenvalue weighted by Gasteiger charge is 2.19. The van der Waals surface area contributed by atoms with Crippen molar-refractivity contribution in [1.82, 2.24) is 0 Å². The average molecular weight is 405 g/mol. The van der Waals surface area contributed by atoms with E-state index >= 15 is 0 Å². The monoisotopic (exact) mass is 404 g/mol. The fourth-order valence-corrected chi connectivity index (χ4v) is 3.21. The summed E-state index contributed by atoms with van der Waals surface area (Å²) in [4.78, 5) is 15.8. The second kappa shape index (κ2) is 8.83. The first-order valence-electron chi connectivity index (χ1n) is 8.03. The first-order valence-corrected chi connectivity index (χ1v) is 9.22. The van der Waals surface area contributed by atoms with E-state index in [1.165, 1.54) is 0 Å². The summed E-state index contributed by atoms with van der Waals surface area (Å²) in [6.07, 6.45) is 1.71. The minimum atomic E-state index is -0.339. The van der Waals surface area contributed by atoms with Gasteiger partial charge in [-0.25, -0.2) is 0 Å². The second-order valence-electron chi connectivity index (χ2n) is 5.40. The second-order valence-corrected chi connectivity index (χ2v) is 6.87. The third-order valence-electron chi connectivity index (χ3n) is 3.56. The number of hydrogen-bond donors (Lipinski definition) is 1. The van der Waals surface area contributed by atoms with Crippen LogP contribution in [0.5, 0.6) is 17.2 Å². The topological polar surface area (TPSA) is 83.1 Å². The van der Waals surface area contributed by atoms with Crippen LogP contribution in [0.2, 0.25) is 5.02 Å². The molecule has 6 nitrogen and oxygen atoms in total. The van der Waals surface area contributed by atoms with Gasteiger partial charge in [0.2, 0.25) is 0 Å². The van der Waals surface area contributed by atoms with Gasteiger partial charge < -0.3 is 19.9 Å². The number of nitrogens with zero attached hydrogens (tertiary/aromatic N) is 1. The van der Waals surface area contributed by atoms with Crippen LogP contribution in [0.25, 0.3) is 6.08 Å². The molecule has 2 aromatic carbocycles. The maximum Gasteiger partial charge on any atom is 0.286 e. The van der Waals surface area contributed by atoms with Crippen molar-refractivity contribution in [2.24, 2.45) is 10.7 Å². The number of amides is 1. The Morgan fingerprint density at radius 1 is 1.11 bits per heavy atom. The van der Waals surface area contributed by atoms with Crippen molar-refractivity contribution in [3.63, 3.8) is 0 Å². The van der Waals surface area contributed by atoms with Crippen molar-refractivity contribution in [1.29, 1.82) is 0 Å². The SMILES string of the molecule is COc1cc(/C=C2\SC(N)=NC2=O)ccc1OCCOc1ccccc1Cl. The quantitative estimate of drug-likeness (QED) is 0.559. The lowest BCUT2D eigenvalue weighted by Crippen LogP contribution is -2.09. The van der Waals surface area contributed by atoms with Crippen LogP contribution in [0.3, 0.4) is 0 Å². The summed E-state index contributed by atoms with van der Waals surface area (Å²) in [6, 6.07) is 12.6. The number of amidine groups is 1. The van der Waals surface area contributed by atoms with Crippen molar-refractivity contribution >= 4 is 40.5 Å². The first kappa shape index (κ1) is 19.1. The summed E-state index contributed by atoms with van der Waals surface area (Å²) in [7, 11) is 1.55. The molecule has 3 rings (SSSR count). The lowest BCUT2D eigenvalue weighted by Gasteiger charge is -2.12. The molecule has 0 aromatic heterocycles. The number of rotatable bonds is 7. The first-order chi connectivity index (χ1) is 13.1. The Morgan fingerprint density at radius 2 is 1.85 bits per heavy atom. The van der Waals surface area contributed by atoms with E-state index in [0.29, 0.717) is 40.4 Å². The van der Waals surface area contributed by atoms with Gasteiger partial charge in [-0.05, 0) is 47.7 Å². The van der Waals surface area contributed by atoms with Crippen LogP contribution in [0.15, 0.2) is 52.4 Å². The third kappa shape index (κ3) is 4.96. The maximum absolute atomic E-state index is 11.7. The molecular weight excluding hydrogens is 388 g/mol. The highest BCUT2D eigenvalue weighted by molar-refractivity contribution is 8.18. The Labute approximate surface area is 166 Å². The van der Waals surface area contributed by atoms with E-state index < -0.39 is 0 Å². The standard InChI is InChI=1S/C19H17ClN2O4S/c1-24-16-10-12(11-17-18(23)22-19(21)27-17)6-7-15(16)26-9-8-25-14-5-3-2-4-13(14)20/h2-7,10-11H,8-9H2,1H3,(H2,21,22,23)/b17-11-. The maximum atomic E-state index is 11.7. The summed E-state index contributed by atoms with van der Waals surface area (Å²) in [5.74, 6) is 1.39. The number of hydrogen-bond acceptors (Lipinski definition) is 6. The highest BCUT2D eigenvalue weighted by atomic mass is 35.5. The molecule has 0 saturated carbocycles. The van der Waals surface area contributed by atoms with Crippen molar-refractivity contribution < 1.29 is 19.0 Å². The van der Waals surface area contributed by atoms with Gasteiger partial charge in [-0.2, -0.15) is 4.99 Å². The number of carbonyl (C=O) groups is 1. The number of halogens is 1. The molecular formula is C19H17ClN2O4S. The van der Waals surface area contributed by atoms with Crippen molar-refractivity contribution in [3.8, 4) is 17.2 Å². The number of benzene rings is 2. The van der Waals surface area contributed by atoms with Crippen molar-refractivity contribution in [2.75, 3.05) is 20.3 Å². The largest absolute Gasteiger partial charge is 0.493 e. The van der Waals surface area contributed by atoms with Gasteiger partial charge in [-0.1, -0.05) is 29.8 Å². The Morgan fingerprint density at radius 3 is 2.52 bits per heavy atom. The van der Waals surface area contributed by atoms with E-state index in [0.717, 1.165) is 17.3 Å². The van der Waals surface area contributed by atoms with Crippen LogP contribution in [-0.2, 0) is 4.79 Å². The molecule has 0 aliphatic carbocycles. The number of nitrogens with two attached hydrogens (primary N) is 1. The van der Waals surface area contributed by atoms with Crippen LogP contribution < -0.4 is 19.9 Å². The van der Waals surface area contributed by atoms with Crippen LogP contribution in [0, 0.1) is 0 Å². The average Bonchev–Trinajstić information content (AvgIpc) is 2.97. The van der Waals surface area contributed by atoms with E-state index in [1.807, 2.05) is 18.2 Å². The number of methoxy groups -OCH3 is 1. The van der Waals surface area contributed by atoms with Crippen LogP contribution >= 0.6 is 23.4 Å². The summed E-state index contributed by atoms with van der Waals surface area (Å²) >= 11 is 7.18. The molecule has 0 spiro atoms. The zero-order chi connectivity index (χ0) is 19.2. The van der Waals surface area contributed by atoms with E-state index in [4.69, 9.17) is 31.5 Å². The van der Waals surface area contributed by atoms with Crippen LogP contribution in [0.4, 0.5) is 0 Å². The Bertz CT molecular complexity index is 914. The fraction of sp³-hybridized carbons (Fsp3) is 0.158. The third-order valence-corrected chi connectivity index (χ3v) is 4.68. The van der Waals surface area contributed by atoms with Gasteiger partial charge in [-0.3, -0.25) is 4.79 Å². The minimum absolute atomic E-state index is 0.247. The smallest absolute Gasteiger partial charge is 0.286 e. The number of thioether (sulfide) groups is 1. The normalized spacial score (nSPS) is 15.0. The van der Waals surface area contributed by atoms with Gasteiger partial charge in [-0.15, -0.1) is 0 Å². The van der Waals surface area contributed by atoms with E-state index in [-0.39, 0.29) is 11.1 Å². The Balaban J connectivity index is 1.60. The molecule has 8 heteroatoms. The molecule has 0 saturated heterocycles. The molecule has 1 aliphatic heterocycles. The Hall–Kier alpha value is -2.64. The van der Waals surface area contributed by atoms with Crippen molar-refractivity contribution in [3.05, 3.63) is 58.0 Å². The highest BCUT2D eigenvalue weighted by Crippen LogP contribution is 2.32. The molecule has 1 amide bonds. The van der Waals surface area contributed by atoms with Crippen molar-refractivity contribution in [2.45, 2.75) is 0 Å². The van der Waals surface area contributed by atoms with E-state index in [1.54, 1.807) is 37.5 Å².